The van der Waals surface area contributed by atoms with E-state index in [0.29, 0.717) is 23.5 Å². The Labute approximate surface area is 145 Å². The fourth-order valence-electron chi connectivity index (χ4n) is 2.04. The number of nitrogens with zero attached hydrogens (tertiary/aromatic N) is 2. The van der Waals surface area contributed by atoms with Crippen LogP contribution in [0.3, 0.4) is 0 Å². The van der Waals surface area contributed by atoms with Gasteiger partial charge in [0.2, 0.25) is 0 Å². The number of nitriles is 1. The SMILES string of the molecule is CC(C)Oc1ccc(NC(=O)NC[C@H](C)c2nccs2)cc1C#N. The standard InChI is InChI=1S/C17H20N4O2S/c1-11(2)23-15-5-4-14(8-13(15)9-18)21-17(22)20-10-12(3)16-19-6-7-24-16/h4-8,11-12H,10H2,1-3H3,(H2,20,21,22)/t12-/m0/s1. The molecule has 0 spiro atoms. The summed E-state index contributed by atoms with van der Waals surface area (Å²) in [5.74, 6) is 0.656. The van der Waals surface area contributed by atoms with Gasteiger partial charge in [-0.15, -0.1) is 11.3 Å². The monoisotopic (exact) mass is 344 g/mol. The van der Waals surface area contributed by atoms with Crippen molar-refractivity contribution in [2.24, 2.45) is 0 Å². The van der Waals surface area contributed by atoms with Crippen LogP contribution in [0.4, 0.5) is 10.5 Å². The zero-order chi connectivity index (χ0) is 17.5. The smallest absolute Gasteiger partial charge is 0.319 e. The van der Waals surface area contributed by atoms with Gasteiger partial charge in [-0.05, 0) is 32.0 Å². The van der Waals surface area contributed by atoms with Crippen LogP contribution in [-0.2, 0) is 0 Å². The number of hydrogen-bond donors (Lipinski definition) is 2. The van der Waals surface area contributed by atoms with Crippen LogP contribution in [0.2, 0.25) is 0 Å². The Morgan fingerprint density at radius 2 is 2.21 bits per heavy atom. The number of carbonyl (C=O) groups is 1. The molecule has 0 aliphatic carbocycles. The van der Waals surface area contributed by atoms with E-state index in [1.54, 1.807) is 35.7 Å². The molecule has 6 nitrogen and oxygen atoms in total. The number of nitrogens with one attached hydrogen (secondary N) is 2. The Morgan fingerprint density at radius 3 is 2.83 bits per heavy atom. The molecule has 1 heterocycles. The molecule has 1 aromatic carbocycles. The summed E-state index contributed by atoms with van der Waals surface area (Å²) in [7, 11) is 0. The van der Waals surface area contributed by atoms with E-state index in [1.807, 2.05) is 26.2 Å². The molecule has 0 aliphatic heterocycles. The number of rotatable bonds is 6. The molecule has 2 aromatic rings. The number of anilines is 1. The van der Waals surface area contributed by atoms with Gasteiger partial charge >= 0.3 is 6.03 Å². The van der Waals surface area contributed by atoms with Gasteiger partial charge in [0.25, 0.3) is 0 Å². The number of hydrogen-bond acceptors (Lipinski definition) is 5. The highest BCUT2D eigenvalue weighted by atomic mass is 32.1. The van der Waals surface area contributed by atoms with Gasteiger partial charge in [-0.25, -0.2) is 9.78 Å². The van der Waals surface area contributed by atoms with Crippen molar-refractivity contribution in [2.75, 3.05) is 11.9 Å². The lowest BCUT2D eigenvalue weighted by Gasteiger charge is -2.14. The van der Waals surface area contributed by atoms with Crippen molar-refractivity contribution >= 4 is 23.1 Å². The Kier molecular flexibility index (Phi) is 6.15. The van der Waals surface area contributed by atoms with Crippen LogP contribution in [0.25, 0.3) is 0 Å². The minimum absolute atomic E-state index is 0.0217. The predicted octanol–water partition coefficient (Wildman–Crippen LogP) is 3.73. The van der Waals surface area contributed by atoms with Gasteiger partial charge in [0.05, 0.1) is 16.7 Å². The zero-order valence-electron chi connectivity index (χ0n) is 13.9. The minimum atomic E-state index is -0.320. The summed E-state index contributed by atoms with van der Waals surface area (Å²) in [5.41, 5.74) is 0.930. The highest BCUT2D eigenvalue weighted by molar-refractivity contribution is 7.09. The number of amides is 2. The third-order valence-electron chi connectivity index (χ3n) is 3.16. The molecule has 0 unspecified atom stereocenters. The maximum Gasteiger partial charge on any atom is 0.319 e. The third-order valence-corrected chi connectivity index (χ3v) is 4.17. The van der Waals surface area contributed by atoms with Gasteiger partial charge in [0.15, 0.2) is 0 Å². The number of ether oxygens (including phenoxy) is 1. The van der Waals surface area contributed by atoms with Crippen LogP contribution in [0.15, 0.2) is 29.8 Å². The number of carbonyl (C=O) groups excluding carboxylic acids is 1. The molecule has 0 saturated heterocycles. The molecule has 0 fully saturated rings. The first-order chi connectivity index (χ1) is 11.5. The average molecular weight is 344 g/mol. The van der Waals surface area contributed by atoms with Gasteiger partial charge < -0.3 is 15.4 Å². The molecule has 0 saturated carbocycles. The number of benzene rings is 1. The second-order valence-electron chi connectivity index (χ2n) is 5.60. The molecule has 0 aliphatic rings. The molecule has 126 valence electrons. The van der Waals surface area contributed by atoms with Gasteiger partial charge in [0, 0.05) is 29.7 Å². The van der Waals surface area contributed by atoms with Crippen molar-refractivity contribution < 1.29 is 9.53 Å². The first-order valence-corrected chi connectivity index (χ1v) is 8.52. The van der Waals surface area contributed by atoms with E-state index in [1.165, 1.54) is 0 Å². The maximum absolute atomic E-state index is 12.0. The molecule has 1 aromatic heterocycles. The van der Waals surface area contributed by atoms with E-state index in [-0.39, 0.29) is 18.1 Å². The van der Waals surface area contributed by atoms with Gasteiger partial charge in [-0.3, -0.25) is 0 Å². The van der Waals surface area contributed by atoms with Gasteiger partial charge in [-0.1, -0.05) is 6.92 Å². The zero-order valence-corrected chi connectivity index (χ0v) is 14.7. The second-order valence-corrected chi connectivity index (χ2v) is 6.52. The fourth-order valence-corrected chi connectivity index (χ4v) is 2.74. The third kappa shape index (κ3) is 4.96. The lowest BCUT2D eigenvalue weighted by molar-refractivity contribution is 0.241. The number of aromatic nitrogens is 1. The van der Waals surface area contributed by atoms with E-state index in [2.05, 4.69) is 21.7 Å². The summed E-state index contributed by atoms with van der Waals surface area (Å²) >= 11 is 1.57. The Bertz CT molecular complexity index is 723. The topological polar surface area (TPSA) is 87.0 Å². The van der Waals surface area contributed by atoms with Crippen molar-refractivity contribution in [3.05, 3.63) is 40.3 Å². The Hall–Kier alpha value is -2.59. The Morgan fingerprint density at radius 1 is 1.42 bits per heavy atom. The molecule has 1 atom stereocenters. The molecular weight excluding hydrogens is 324 g/mol. The quantitative estimate of drug-likeness (QED) is 0.836. The first kappa shape index (κ1) is 17.8. The van der Waals surface area contributed by atoms with E-state index in [9.17, 15) is 10.1 Å². The summed E-state index contributed by atoms with van der Waals surface area (Å²) in [6, 6.07) is 6.76. The van der Waals surface area contributed by atoms with Crippen LogP contribution in [0.5, 0.6) is 5.75 Å². The molecule has 0 bridgehead atoms. The normalized spacial score (nSPS) is 11.6. The fraction of sp³-hybridized carbons (Fsp3) is 0.353. The van der Waals surface area contributed by atoms with Crippen LogP contribution in [0, 0.1) is 11.3 Å². The maximum atomic E-state index is 12.0. The number of urea groups is 1. The Balaban J connectivity index is 1.93. The molecular formula is C17H20N4O2S. The van der Waals surface area contributed by atoms with E-state index in [0.717, 1.165) is 5.01 Å². The summed E-state index contributed by atoms with van der Waals surface area (Å²) in [6.45, 7) is 6.28. The summed E-state index contributed by atoms with van der Waals surface area (Å²) in [4.78, 5) is 16.2. The highest BCUT2D eigenvalue weighted by Gasteiger charge is 2.11. The van der Waals surface area contributed by atoms with Crippen molar-refractivity contribution in [3.8, 4) is 11.8 Å². The first-order valence-electron chi connectivity index (χ1n) is 7.64. The van der Waals surface area contributed by atoms with Gasteiger partial charge in [-0.2, -0.15) is 5.26 Å². The van der Waals surface area contributed by atoms with Crippen LogP contribution in [0.1, 0.15) is 37.3 Å². The highest BCUT2D eigenvalue weighted by Crippen LogP contribution is 2.23. The number of thiazole rings is 1. The molecule has 2 amide bonds. The predicted molar refractivity (Wildman–Crippen MR) is 94.5 cm³/mol. The molecule has 2 N–H and O–H groups in total. The van der Waals surface area contributed by atoms with Crippen LogP contribution >= 0.6 is 11.3 Å². The van der Waals surface area contributed by atoms with E-state index < -0.39 is 0 Å². The average Bonchev–Trinajstić information content (AvgIpc) is 3.08. The van der Waals surface area contributed by atoms with Crippen molar-refractivity contribution in [3.63, 3.8) is 0 Å². The molecule has 2 rings (SSSR count). The summed E-state index contributed by atoms with van der Waals surface area (Å²) in [5, 5.41) is 17.6. The molecule has 7 heteroatoms. The van der Waals surface area contributed by atoms with Crippen molar-refractivity contribution in [1.29, 1.82) is 5.26 Å². The summed E-state index contributed by atoms with van der Waals surface area (Å²) in [6.07, 6.45) is 1.73. The van der Waals surface area contributed by atoms with E-state index >= 15 is 0 Å². The van der Waals surface area contributed by atoms with Crippen LogP contribution in [-0.4, -0.2) is 23.7 Å². The summed E-state index contributed by atoms with van der Waals surface area (Å²) < 4.78 is 5.56. The van der Waals surface area contributed by atoms with Gasteiger partial charge in [0.1, 0.15) is 11.8 Å². The molecule has 24 heavy (non-hydrogen) atoms. The van der Waals surface area contributed by atoms with Crippen molar-refractivity contribution in [2.45, 2.75) is 32.8 Å². The second kappa shape index (κ2) is 8.31. The van der Waals surface area contributed by atoms with Crippen LogP contribution < -0.4 is 15.4 Å². The minimum Gasteiger partial charge on any atom is -0.490 e. The lowest BCUT2D eigenvalue weighted by Crippen LogP contribution is -2.31. The van der Waals surface area contributed by atoms with E-state index in [4.69, 9.17) is 4.74 Å². The van der Waals surface area contributed by atoms with Crippen molar-refractivity contribution in [1.82, 2.24) is 10.3 Å². The lowest BCUT2D eigenvalue weighted by atomic mass is 10.2. The largest absolute Gasteiger partial charge is 0.490 e. The molecule has 0 radical (unpaired) electrons.